The molecular weight excluding hydrogens is 394 g/mol. The fourth-order valence-corrected chi connectivity index (χ4v) is 2.14. The Morgan fingerprint density at radius 2 is 1.84 bits per heavy atom. The number of nitrogens with one attached hydrogen (secondary N) is 2. The Labute approximate surface area is 153 Å². The molecule has 0 aromatic heterocycles. The molecular formula is C16H20BrN3O5. The molecule has 0 spiro atoms. The molecule has 8 nitrogen and oxygen atoms in total. The molecule has 136 valence electrons. The summed E-state index contributed by atoms with van der Waals surface area (Å²) in [5, 5.41) is 13.9. The number of carbonyl (C=O) groups excluding carboxylic acids is 3. The van der Waals surface area contributed by atoms with Crippen LogP contribution < -0.4 is 16.4 Å². The number of alkyl carbamates (subject to hydrolysis) is 1. The topological polar surface area (TPSA) is 131 Å². The van der Waals surface area contributed by atoms with Crippen molar-refractivity contribution in [1.82, 2.24) is 10.6 Å². The summed E-state index contributed by atoms with van der Waals surface area (Å²) in [6.45, 7) is 2.91. The Morgan fingerprint density at radius 1 is 1.20 bits per heavy atom. The quantitative estimate of drug-likeness (QED) is 0.469. The Balaban J connectivity index is 2.55. The van der Waals surface area contributed by atoms with Gasteiger partial charge < -0.3 is 26.2 Å². The molecule has 0 unspecified atom stereocenters. The highest BCUT2D eigenvalue weighted by Crippen LogP contribution is 2.10. The summed E-state index contributed by atoms with van der Waals surface area (Å²) in [5.74, 6) is -1.53. The predicted octanol–water partition coefficient (Wildman–Crippen LogP) is 0.542. The molecule has 0 fully saturated rings. The first-order valence-corrected chi connectivity index (χ1v) is 8.13. The minimum atomic E-state index is -1.28. The number of aliphatic hydroxyl groups excluding tert-OH is 1. The van der Waals surface area contributed by atoms with Crippen molar-refractivity contribution < 1.29 is 24.2 Å². The maximum atomic E-state index is 12.1. The van der Waals surface area contributed by atoms with Crippen LogP contribution in [-0.2, 0) is 20.9 Å². The predicted molar refractivity (Wildman–Crippen MR) is 94.4 cm³/mol. The Hall–Kier alpha value is -2.39. The van der Waals surface area contributed by atoms with Crippen molar-refractivity contribution >= 4 is 33.8 Å². The van der Waals surface area contributed by atoms with Crippen molar-refractivity contribution in [3.63, 3.8) is 0 Å². The molecule has 3 amide bonds. The SMILES string of the molecule is C=C(Br)C[C@H](NC(=O)[C@H](CO)NC(=O)OCc1ccccc1)C(N)=O. The van der Waals surface area contributed by atoms with E-state index in [9.17, 15) is 19.5 Å². The van der Waals surface area contributed by atoms with Gasteiger partial charge in [-0.25, -0.2) is 4.79 Å². The van der Waals surface area contributed by atoms with Gasteiger partial charge in [0.15, 0.2) is 0 Å². The van der Waals surface area contributed by atoms with Crippen LogP contribution in [0.1, 0.15) is 12.0 Å². The normalized spacial score (nSPS) is 12.6. The van der Waals surface area contributed by atoms with E-state index in [0.717, 1.165) is 5.56 Å². The minimum absolute atomic E-state index is 0.0137. The summed E-state index contributed by atoms with van der Waals surface area (Å²) in [6.07, 6.45) is -0.795. The zero-order chi connectivity index (χ0) is 18.8. The third-order valence-electron chi connectivity index (χ3n) is 3.09. The van der Waals surface area contributed by atoms with E-state index in [2.05, 4.69) is 33.1 Å². The van der Waals surface area contributed by atoms with Crippen molar-refractivity contribution in [2.75, 3.05) is 6.61 Å². The molecule has 0 aliphatic heterocycles. The third kappa shape index (κ3) is 7.81. The fourth-order valence-electron chi connectivity index (χ4n) is 1.82. The number of aliphatic hydroxyl groups is 1. The van der Waals surface area contributed by atoms with Crippen LogP contribution >= 0.6 is 15.9 Å². The second-order valence-corrected chi connectivity index (χ2v) is 6.25. The molecule has 1 aromatic carbocycles. The van der Waals surface area contributed by atoms with Gasteiger partial charge in [0.1, 0.15) is 18.7 Å². The van der Waals surface area contributed by atoms with E-state index < -0.39 is 36.6 Å². The molecule has 0 saturated heterocycles. The molecule has 2 atom stereocenters. The lowest BCUT2D eigenvalue weighted by molar-refractivity contribution is -0.129. The number of primary amides is 1. The molecule has 9 heteroatoms. The van der Waals surface area contributed by atoms with Crippen molar-refractivity contribution in [2.45, 2.75) is 25.1 Å². The number of ether oxygens (including phenoxy) is 1. The van der Waals surface area contributed by atoms with E-state index in [0.29, 0.717) is 4.48 Å². The van der Waals surface area contributed by atoms with Crippen LogP contribution in [-0.4, -0.2) is 41.7 Å². The van der Waals surface area contributed by atoms with Crippen LogP contribution in [0.5, 0.6) is 0 Å². The standard InChI is InChI=1S/C16H20BrN3O5/c1-10(17)7-12(14(18)22)19-15(23)13(8-21)20-16(24)25-9-11-5-3-2-4-6-11/h2-6,12-13,21H,1,7-9H2,(H2,18,22)(H,19,23)(H,20,24)/t12-,13-/m0/s1. The molecule has 0 radical (unpaired) electrons. The van der Waals surface area contributed by atoms with E-state index in [4.69, 9.17) is 10.5 Å². The van der Waals surface area contributed by atoms with Gasteiger partial charge in [0, 0.05) is 6.42 Å². The molecule has 0 aliphatic rings. The number of halogens is 1. The zero-order valence-corrected chi connectivity index (χ0v) is 15.0. The van der Waals surface area contributed by atoms with Gasteiger partial charge >= 0.3 is 6.09 Å². The molecule has 25 heavy (non-hydrogen) atoms. The van der Waals surface area contributed by atoms with Gasteiger partial charge in [-0.15, -0.1) is 0 Å². The van der Waals surface area contributed by atoms with Crippen LogP contribution in [0.3, 0.4) is 0 Å². The largest absolute Gasteiger partial charge is 0.445 e. The molecule has 1 aromatic rings. The first-order valence-electron chi connectivity index (χ1n) is 7.34. The molecule has 0 bridgehead atoms. The number of benzene rings is 1. The van der Waals surface area contributed by atoms with E-state index in [1.54, 1.807) is 24.3 Å². The van der Waals surface area contributed by atoms with Crippen LogP contribution in [0, 0.1) is 0 Å². The number of amides is 3. The maximum absolute atomic E-state index is 12.1. The highest BCUT2D eigenvalue weighted by atomic mass is 79.9. The third-order valence-corrected chi connectivity index (χ3v) is 3.41. The first kappa shape index (κ1) is 20.7. The number of nitrogens with two attached hydrogens (primary N) is 1. The van der Waals surface area contributed by atoms with Crippen molar-refractivity contribution in [2.24, 2.45) is 5.73 Å². The number of carbonyl (C=O) groups is 3. The number of hydrogen-bond donors (Lipinski definition) is 4. The molecule has 0 heterocycles. The van der Waals surface area contributed by atoms with Gasteiger partial charge in [0.25, 0.3) is 0 Å². The first-order chi connectivity index (χ1) is 11.8. The van der Waals surface area contributed by atoms with Crippen LogP contribution in [0.2, 0.25) is 0 Å². The van der Waals surface area contributed by atoms with Crippen molar-refractivity contribution in [3.05, 3.63) is 47.0 Å². The fraction of sp³-hybridized carbons (Fsp3) is 0.312. The maximum Gasteiger partial charge on any atom is 0.408 e. The van der Waals surface area contributed by atoms with E-state index >= 15 is 0 Å². The summed E-state index contributed by atoms with van der Waals surface area (Å²) < 4.78 is 5.44. The van der Waals surface area contributed by atoms with Gasteiger partial charge in [-0.1, -0.05) is 52.8 Å². The minimum Gasteiger partial charge on any atom is -0.445 e. The summed E-state index contributed by atoms with van der Waals surface area (Å²) >= 11 is 3.08. The van der Waals surface area contributed by atoms with E-state index in [-0.39, 0.29) is 13.0 Å². The lowest BCUT2D eigenvalue weighted by atomic mass is 10.1. The smallest absolute Gasteiger partial charge is 0.408 e. The monoisotopic (exact) mass is 413 g/mol. The second kappa shape index (κ2) is 10.5. The second-order valence-electron chi connectivity index (χ2n) is 5.13. The summed E-state index contributed by atoms with van der Waals surface area (Å²) in [6, 6.07) is 6.66. The Kier molecular flexibility index (Phi) is 8.65. The zero-order valence-electron chi connectivity index (χ0n) is 13.4. The lowest BCUT2D eigenvalue weighted by Crippen LogP contribution is -2.54. The van der Waals surface area contributed by atoms with Crippen LogP contribution in [0.15, 0.2) is 41.4 Å². The number of rotatable bonds is 9. The van der Waals surface area contributed by atoms with Crippen molar-refractivity contribution in [1.29, 1.82) is 0 Å². The average Bonchev–Trinajstić information content (AvgIpc) is 2.57. The highest BCUT2D eigenvalue weighted by Gasteiger charge is 2.25. The van der Waals surface area contributed by atoms with Gasteiger partial charge in [-0.3, -0.25) is 9.59 Å². The lowest BCUT2D eigenvalue weighted by Gasteiger charge is -2.20. The Morgan fingerprint density at radius 3 is 2.36 bits per heavy atom. The molecule has 0 aliphatic carbocycles. The van der Waals surface area contributed by atoms with E-state index in [1.807, 2.05) is 6.07 Å². The number of hydrogen-bond acceptors (Lipinski definition) is 5. The van der Waals surface area contributed by atoms with Gasteiger partial charge in [-0.05, 0) is 10.0 Å². The molecule has 5 N–H and O–H groups in total. The highest BCUT2D eigenvalue weighted by molar-refractivity contribution is 9.11. The summed E-state index contributed by atoms with van der Waals surface area (Å²) in [7, 11) is 0. The van der Waals surface area contributed by atoms with Crippen LogP contribution in [0.4, 0.5) is 4.79 Å². The summed E-state index contributed by atoms with van der Waals surface area (Å²) in [5.41, 5.74) is 5.97. The summed E-state index contributed by atoms with van der Waals surface area (Å²) in [4.78, 5) is 35.2. The van der Waals surface area contributed by atoms with Gasteiger partial charge in [0.05, 0.1) is 6.61 Å². The van der Waals surface area contributed by atoms with Gasteiger partial charge in [0.2, 0.25) is 11.8 Å². The molecule has 0 saturated carbocycles. The van der Waals surface area contributed by atoms with E-state index in [1.165, 1.54) is 0 Å². The Bertz CT molecular complexity index is 623. The average molecular weight is 414 g/mol. The molecule has 1 rings (SSSR count). The van der Waals surface area contributed by atoms with Crippen molar-refractivity contribution in [3.8, 4) is 0 Å². The van der Waals surface area contributed by atoms with Crippen LogP contribution in [0.25, 0.3) is 0 Å². The van der Waals surface area contributed by atoms with Gasteiger partial charge in [-0.2, -0.15) is 0 Å².